The summed E-state index contributed by atoms with van der Waals surface area (Å²) in [6.07, 6.45) is 5.19. The summed E-state index contributed by atoms with van der Waals surface area (Å²) >= 11 is 0. The molecule has 0 spiro atoms. The van der Waals surface area contributed by atoms with Gasteiger partial charge in [-0.2, -0.15) is 0 Å². The molecular weight excluding hydrogens is 424 g/mol. The van der Waals surface area contributed by atoms with Crippen molar-refractivity contribution >= 4 is 17.6 Å². The van der Waals surface area contributed by atoms with Crippen molar-refractivity contribution in [1.82, 2.24) is 4.98 Å². The van der Waals surface area contributed by atoms with Gasteiger partial charge in [0, 0.05) is 23.6 Å². The molecule has 1 heterocycles. The van der Waals surface area contributed by atoms with Crippen LogP contribution in [0.2, 0.25) is 0 Å². The molecular formula is C25H26N2O6. The number of ether oxygens (including phenoxy) is 3. The molecule has 0 saturated heterocycles. The molecule has 0 aliphatic heterocycles. The van der Waals surface area contributed by atoms with Gasteiger partial charge >= 0.3 is 5.97 Å². The summed E-state index contributed by atoms with van der Waals surface area (Å²) in [5, 5.41) is 2.87. The Kier molecular flexibility index (Phi) is 6.92. The van der Waals surface area contributed by atoms with Gasteiger partial charge in [0.15, 0.2) is 11.5 Å². The lowest BCUT2D eigenvalue weighted by Crippen LogP contribution is -2.22. The van der Waals surface area contributed by atoms with Crippen molar-refractivity contribution in [2.45, 2.75) is 32.3 Å². The van der Waals surface area contributed by atoms with E-state index in [1.807, 2.05) is 30.3 Å². The summed E-state index contributed by atoms with van der Waals surface area (Å²) in [5.41, 5.74) is 1.79. The van der Waals surface area contributed by atoms with Crippen molar-refractivity contribution in [2.24, 2.45) is 5.92 Å². The van der Waals surface area contributed by atoms with Crippen LogP contribution >= 0.6 is 0 Å². The second-order valence-corrected chi connectivity index (χ2v) is 7.81. The lowest BCUT2D eigenvalue weighted by Gasteiger charge is -2.16. The molecule has 1 aliphatic carbocycles. The van der Waals surface area contributed by atoms with Crippen LogP contribution in [-0.2, 0) is 16.1 Å². The number of hydrogen-bond donors (Lipinski definition) is 1. The SMILES string of the molecule is COc1cc(NC(=O)C2CCCC2)c(C(=O)OCc2coc(-c3ccccc3)n2)cc1OC. The van der Waals surface area contributed by atoms with Gasteiger partial charge in [-0.05, 0) is 25.0 Å². The van der Waals surface area contributed by atoms with E-state index < -0.39 is 5.97 Å². The molecule has 1 amide bonds. The minimum Gasteiger partial charge on any atom is -0.493 e. The molecule has 0 atom stereocenters. The average Bonchev–Trinajstić information content (AvgIpc) is 3.55. The molecule has 1 saturated carbocycles. The Hall–Kier alpha value is -3.81. The molecule has 3 aromatic rings. The van der Waals surface area contributed by atoms with Crippen LogP contribution in [-0.4, -0.2) is 31.1 Å². The number of benzene rings is 2. The molecule has 0 bridgehead atoms. The molecule has 8 heteroatoms. The number of carbonyl (C=O) groups is 2. The highest BCUT2D eigenvalue weighted by Crippen LogP contribution is 2.35. The largest absolute Gasteiger partial charge is 0.493 e. The molecule has 33 heavy (non-hydrogen) atoms. The van der Waals surface area contributed by atoms with Crippen LogP contribution in [0, 0.1) is 5.92 Å². The zero-order chi connectivity index (χ0) is 23.2. The summed E-state index contributed by atoms with van der Waals surface area (Å²) in [4.78, 5) is 30.0. The predicted molar refractivity (Wildman–Crippen MR) is 121 cm³/mol. The first-order valence-corrected chi connectivity index (χ1v) is 10.8. The van der Waals surface area contributed by atoms with Crippen molar-refractivity contribution in [3.8, 4) is 23.0 Å². The van der Waals surface area contributed by atoms with Crippen LogP contribution in [0.4, 0.5) is 5.69 Å². The van der Waals surface area contributed by atoms with E-state index in [1.54, 1.807) is 6.07 Å². The number of carbonyl (C=O) groups excluding carboxylic acids is 2. The van der Waals surface area contributed by atoms with Crippen LogP contribution in [0.25, 0.3) is 11.5 Å². The van der Waals surface area contributed by atoms with Crippen LogP contribution in [0.3, 0.4) is 0 Å². The molecule has 1 N–H and O–H groups in total. The normalized spacial score (nSPS) is 13.5. The maximum Gasteiger partial charge on any atom is 0.340 e. The van der Waals surface area contributed by atoms with E-state index in [0.29, 0.717) is 28.8 Å². The van der Waals surface area contributed by atoms with Gasteiger partial charge in [-0.3, -0.25) is 4.79 Å². The summed E-state index contributed by atoms with van der Waals surface area (Å²) < 4.78 is 21.6. The molecule has 1 fully saturated rings. The van der Waals surface area contributed by atoms with Gasteiger partial charge in [0.2, 0.25) is 11.8 Å². The minimum absolute atomic E-state index is 0.0616. The number of aromatic nitrogens is 1. The lowest BCUT2D eigenvalue weighted by molar-refractivity contribution is -0.119. The van der Waals surface area contributed by atoms with Crippen molar-refractivity contribution in [3.63, 3.8) is 0 Å². The fourth-order valence-corrected chi connectivity index (χ4v) is 3.88. The molecule has 0 unspecified atom stereocenters. The summed E-state index contributed by atoms with van der Waals surface area (Å²) in [6.45, 7) is -0.0838. The van der Waals surface area contributed by atoms with Crippen LogP contribution < -0.4 is 14.8 Å². The van der Waals surface area contributed by atoms with Crippen LogP contribution in [0.5, 0.6) is 11.5 Å². The van der Waals surface area contributed by atoms with E-state index in [9.17, 15) is 9.59 Å². The Morgan fingerprint density at radius 2 is 1.76 bits per heavy atom. The molecule has 1 aliphatic rings. The summed E-state index contributed by atoms with van der Waals surface area (Å²) in [6, 6.07) is 12.5. The van der Waals surface area contributed by atoms with Gasteiger partial charge in [0.25, 0.3) is 0 Å². The Morgan fingerprint density at radius 1 is 1.06 bits per heavy atom. The second kappa shape index (κ2) is 10.2. The van der Waals surface area contributed by atoms with Gasteiger partial charge in [-0.15, -0.1) is 0 Å². The Bertz CT molecular complexity index is 1120. The molecule has 172 valence electrons. The standard InChI is InChI=1S/C25H26N2O6/c1-30-21-12-19(20(13-22(21)31-2)27-23(28)16-8-6-7-9-16)25(29)33-15-18-14-32-24(26-18)17-10-4-3-5-11-17/h3-5,10-14,16H,6-9,15H2,1-2H3,(H,27,28). The van der Waals surface area contributed by atoms with Gasteiger partial charge in [-0.1, -0.05) is 31.0 Å². The Morgan fingerprint density at radius 3 is 2.45 bits per heavy atom. The zero-order valence-corrected chi connectivity index (χ0v) is 18.6. The first-order chi connectivity index (χ1) is 16.1. The predicted octanol–water partition coefficient (Wildman–Crippen LogP) is 4.84. The molecule has 1 aromatic heterocycles. The number of anilines is 1. The van der Waals surface area contributed by atoms with E-state index in [-0.39, 0.29) is 24.0 Å². The van der Waals surface area contributed by atoms with Crippen molar-refractivity contribution in [1.29, 1.82) is 0 Å². The Labute approximate surface area is 191 Å². The number of amides is 1. The maximum atomic E-state index is 13.0. The van der Waals surface area contributed by atoms with E-state index in [1.165, 1.54) is 26.5 Å². The topological polar surface area (TPSA) is 99.9 Å². The summed E-state index contributed by atoms with van der Waals surface area (Å²) in [7, 11) is 2.97. The van der Waals surface area contributed by atoms with Crippen LogP contribution in [0.1, 0.15) is 41.7 Å². The minimum atomic E-state index is -0.623. The highest BCUT2D eigenvalue weighted by molar-refractivity contribution is 6.02. The first kappa shape index (κ1) is 22.4. The number of hydrogen-bond acceptors (Lipinski definition) is 7. The number of nitrogens with one attached hydrogen (secondary N) is 1. The van der Waals surface area contributed by atoms with E-state index >= 15 is 0 Å². The molecule has 0 radical (unpaired) electrons. The van der Waals surface area contributed by atoms with E-state index in [0.717, 1.165) is 31.2 Å². The molecule has 2 aromatic carbocycles. The number of rotatable bonds is 8. The van der Waals surface area contributed by atoms with Gasteiger partial charge < -0.3 is 23.9 Å². The van der Waals surface area contributed by atoms with Gasteiger partial charge in [0.1, 0.15) is 18.6 Å². The number of esters is 1. The third-order valence-electron chi connectivity index (χ3n) is 5.65. The fourth-order valence-electron chi connectivity index (χ4n) is 3.88. The van der Waals surface area contributed by atoms with E-state index in [4.69, 9.17) is 18.6 Å². The van der Waals surface area contributed by atoms with Crippen molar-refractivity contribution < 1.29 is 28.2 Å². The van der Waals surface area contributed by atoms with Crippen LogP contribution in [0.15, 0.2) is 53.1 Å². The van der Waals surface area contributed by atoms with Gasteiger partial charge in [-0.25, -0.2) is 9.78 Å². The average molecular weight is 450 g/mol. The van der Waals surface area contributed by atoms with Crippen molar-refractivity contribution in [3.05, 3.63) is 60.0 Å². The molecule has 4 rings (SSSR count). The maximum absolute atomic E-state index is 13.0. The highest BCUT2D eigenvalue weighted by atomic mass is 16.5. The fraction of sp³-hybridized carbons (Fsp3) is 0.320. The number of methoxy groups -OCH3 is 2. The van der Waals surface area contributed by atoms with E-state index in [2.05, 4.69) is 10.3 Å². The van der Waals surface area contributed by atoms with Crippen molar-refractivity contribution in [2.75, 3.05) is 19.5 Å². The summed E-state index contributed by atoms with van der Waals surface area (Å²) in [5.74, 6) is 0.404. The number of nitrogens with zero attached hydrogens (tertiary/aromatic N) is 1. The lowest BCUT2D eigenvalue weighted by atomic mass is 10.1. The second-order valence-electron chi connectivity index (χ2n) is 7.81. The number of oxazole rings is 1. The quantitative estimate of drug-likeness (QED) is 0.490. The smallest absolute Gasteiger partial charge is 0.340 e. The molecule has 8 nitrogen and oxygen atoms in total. The zero-order valence-electron chi connectivity index (χ0n) is 18.6. The van der Waals surface area contributed by atoms with Gasteiger partial charge in [0.05, 0.1) is 25.5 Å². The third kappa shape index (κ3) is 5.16. The monoisotopic (exact) mass is 450 g/mol. The third-order valence-corrected chi connectivity index (χ3v) is 5.65. The Balaban J connectivity index is 1.51. The first-order valence-electron chi connectivity index (χ1n) is 10.8. The highest BCUT2D eigenvalue weighted by Gasteiger charge is 2.26.